The number of aromatic amines is 1. The molecule has 22 heavy (non-hydrogen) atoms. The summed E-state index contributed by atoms with van der Waals surface area (Å²) < 4.78 is 39.6. The van der Waals surface area contributed by atoms with Gasteiger partial charge >= 0.3 is 6.18 Å². The van der Waals surface area contributed by atoms with Crippen LogP contribution < -0.4 is 5.32 Å². The van der Waals surface area contributed by atoms with Gasteiger partial charge < -0.3 is 5.32 Å². The normalized spacial score (nSPS) is 11.7. The number of hydrogen-bond donors (Lipinski definition) is 2. The largest absolute Gasteiger partial charge is 0.435 e. The second kappa shape index (κ2) is 6.67. The van der Waals surface area contributed by atoms with Crippen molar-refractivity contribution in [1.82, 2.24) is 25.3 Å². The molecule has 2 N–H and O–H groups in total. The minimum absolute atomic E-state index is 0.294. The smallest absolute Gasteiger partial charge is 0.351 e. The van der Waals surface area contributed by atoms with E-state index in [0.717, 1.165) is 6.07 Å². The fourth-order valence-corrected chi connectivity index (χ4v) is 2.33. The van der Waals surface area contributed by atoms with Crippen LogP contribution in [-0.2, 0) is 12.7 Å². The van der Waals surface area contributed by atoms with Gasteiger partial charge in [0.05, 0.1) is 9.77 Å². The summed E-state index contributed by atoms with van der Waals surface area (Å²) in [4.78, 5) is 11.8. The molecule has 10 heteroatoms. The first-order chi connectivity index (χ1) is 10.3. The number of carbonyl (C=O) groups is 1. The molecule has 2 heterocycles. The number of halogens is 4. The van der Waals surface area contributed by atoms with Crippen molar-refractivity contribution < 1.29 is 18.0 Å². The Morgan fingerprint density at radius 1 is 1.50 bits per heavy atom. The Kier molecular flexibility index (Phi) is 5.08. The maximum Gasteiger partial charge on any atom is 0.435 e. The highest BCUT2D eigenvalue weighted by Gasteiger charge is 2.34. The van der Waals surface area contributed by atoms with Gasteiger partial charge in [0.2, 0.25) is 0 Å². The van der Waals surface area contributed by atoms with Crippen LogP contribution in [0.25, 0.3) is 0 Å². The molecule has 2 rings (SSSR count). The molecule has 6 nitrogen and oxygen atoms in total. The van der Waals surface area contributed by atoms with E-state index in [0.29, 0.717) is 34.5 Å². The molecule has 0 aromatic carbocycles. The number of hydrogen-bond acceptors (Lipinski definition) is 3. The summed E-state index contributed by atoms with van der Waals surface area (Å²) in [6.07, 6.45) is -2.45. The molecule has 0 atom stereocenters. The molecule has 0 unspecified atom stereocenters. The highest BCUT2D eigenvalue weighted by atomic mass is 127. The third-order valence-corrected chi connectivity index (χ3v) is 3.74. The number of alkyl halides is 3. The van der Waals surface area contributed by atoms with Crippen molar-refractivity contribution in [2.45, 2.75) is 26.1 Å². The quantitative estimate of drug-likeness (QED) is 0.569. The van der Waals surface area contributed by atoms with E-state index in [-0.39, 0.29) is 5.91 Å². The van der Waals surface area contributed by atoms with Crippen LogP contribution in [0.2, 0.25) is 0 Å². The lowest BCUT2D eigenvalue weighted by Crippen LogP contribution is -2.26. The molecular formula is C12H13F3IN5O. The van der Waals surface area contributed by atoms with Crippen molar-refractivity contribution in [3.05, 3.63) is 32.9 Å². The van der Waals surface area contributed by atoms with Gasteiger partial charge in [-0.2, -0.15) is 23.4 Å². The van der Waals surface area contributed by atoms with Crippen LogP contribution >= 0.6 is 22.6 Å². The fraction of sp³-hybridized carbons (Fsp3) is 0.417. The molecule has 0 saturated carbocycles. The summed E-state index contributed by atoms with van der Waals surface area (Å²) >= 11 is 1.98. The lowest BCUT2D eigenvalue weighted by atomic mass is 10.3. The second-order valence-electron chi connectivity index (χ2n) is 4.59. The first-order valence-corrected chi connectivity index (χ1v) is 7.45. The fourth-order valence-electron chi connectivity index (χ4n) is 1.82. The van der Waals surface area contributed by atoms with Crippen molar-refractivity contribution in [3.8, 4) is 0 Å². The minimum atomic E-state index is -4.44. The van der Waals surface area contributed by atoms with Crippen LogP contribution in [0, 0.1) is 10.5 Å². The van der Waals surface area contributed by atoms with E-state index in [1.165, 1.54) is 10.9 Å². The molecule has 2 aromatic heterocycles. The Hall–Kier alpha value is -1.59. The standard InChI is InChI=1S/C12H13F3IN5O/c1-7-5-9(12(13,14)15)20-21(7)4-2-3-17-11(22)10-8(16)6-18-19-10/h5-6H,2-4H2,1H3,(H,17,22)(H,18,19). The number of H-pyrrole nitrogens is 1. The summed E-state index contributed by atoms with van der Waals surface area (Å²) in [5, 5.41) is 12.5. The molecule has 120 valence electrons. The molecular weight excluding hydrogens is 414 g/mol. The van der Waals surface area contributed by atoms with E-state index in [9.17, 15) is 18.0 Å². The van der Waals surface area contributed by atoms with E-state index in [4.69, 9.17) is 0 Å². The Morgan fingerprint density at radius 2 is 2.23 bits per heavy atom. The maximum absolute atomic E-state index is 12.5. The molecule has 2 aromatic rings. The Bertz CT molecular complexity index is 664. The third-order valence-electron chi connectivity index (χ3n) is 2.92. The number of carbonyl (C=O) groups excluding carboxylic acids is 1. The molecule has 0 aliphatic rings. The van der Waals surface area contributed by atoms with Crippen molar-refractivity contribution in [3.63, 3.8) is 0 Å². The number of nitrogens with zero attached hydrogens (tertiary/aromatic N) is 3. The molecule has 0 bridgehead atoms. The maximum atomic E-state index is 12.5. The number of aryl methyl sites for hydroxylation is 2. The summed E-state index contributed by atoms with van der Waals surface area (Å²) in [5.74, 6) is -0.296. The molecule has 0 saturated heterocycles. The van der Waals surface area contributed by atoms with Gasteiger partial charge in [0, 0.05) is 18.8 Å². The van der Waals surface area contributed by atoms with Gasteiger partial charge in [-0.3, -0.25) is 14.6 Å². The first kappa shape index (κ1) is 16.8. The highest BCUT2D eigenvalue weighted by Crippen LogP contribution is 2.28. The molecule has 0 spiro atoms. The SMILES string of the molecule is Cc1cc(C(F)(F)F)nn1CCCNC(=O)c1[nH]ncc1I. The van der Waals surface area contributed by atoms with Crippen LogP contribution in [0.3, 0.4) is 0 Å². The number of amides is 1. The van der Waals surface area contributed by atoms with Crippen LogP contribution in [-0.4, -0.2) is 32.4 Å². The molecule has 0 radical (unpaired) electrons. The van der Waals surface area contributed by atoms with Gasteiger partial charge in [-0.1, -0.05) is 0 Å². The molecule has 0 aliphatic carbocycles. The highest BCUT2D eigenvalue weighted by molar-refractivity contribution is 14.1. The van der Waals surface area contributed by atoms with Crippen molar-refractivity contribution in [2.24, 2.45) is 0 Å². The Labute approximate surface area is 137 Å². The predicted octanol–water partition coefficient (Wildman–Crippen LogP) is 2.36. The van der Waals surface area contributed by atoms with Crippen molar-refractivity contribution in [2.75, 3.05) is 6.54 Å². The first-order valence-electron chi connectivity index (χ1n) is 6.37. The average Bonchev–Trinajstić information content (AvgIpc) is 3.00. The summed E-state index contributed by atoms with van der Waals surface area (Å²) in [6.45, 7) is 2.19. The van der Waals surface area contributed by atoms with Gasteiger partial charge in [0.1, 0.15) is 5.69 Å². The topological polar surface area (TPSA) is 75.6 Å². The summed E-state index contributed by atoms with van der Waals surface area (Å²) in [5.41, 5.74) is -0.0990. The molecule has 0 aliphatic heterocycles. The predicted molar refractivity (Wildman–Crippen MR) is 80.2 cm³/mol. The second-order valence-corrected chi connectivity index (χ2v) is 5.76. The van der Waals surface area contributed by atoms with Gasteiger partial charge in [-0.25, -0.2) is 0 Å². The van der Waals surface area contributed by atoms with Crippen LogP contribution in [0.5, 0.6) is 0 Å². The van der Waals surface area contributed by atoms with E-state index >= 15 is 0 Å². The third kappa shape index (κ3) is 3.99. The van der Waals surface area contributed by atoms with E-state index in [2.05, 4.69) is 20.6 Å². The van der Waals surface area contributed by atoms with Gasteiger partial charge in [0.15, 0.2) is 5.69 Å². The van der Waals surface area contributed by atoms with Gasteiger partial charge in [-0.15, -0.1) is 0 Å². The van der Waals surface area contributed by atoms with Gasteiger partial charge in [-0.05, 0) is 42.0 Å². The number of aromatic nitrogens is 4. The Balaban J connectivity index is 1.83. The van der Waals surface area contributed by atoms with E-state index in [1.807, 2.05) is 22.6 Å². The number of rotatable bonds is 5. The van der Waals surface area contributed by atoms with Gasteiger partial charge in [0.25, 0.3) is 5.91 Å². The van der Waals surface area contributed by atoms with E-state index in [1.54, 1.807) is 6.92 Å². The summed E-state index contributed by atoms with van der Waals surface area (Å²) in [7, 11) is 0. The van der Waals surface area contributed by atoms with E-state index < -0.39 is 11.9 Å². The zero-order valence-electron chi connectivity index (χ0n) is 11.5. The zero-order chi connectivity index (χ0) is 16.3. The molecule has 1 amide bonds. The Morgan fingerprint density at radius 3 is 2.77 bits per heavy atom. The van der Waals surface area contributed by atoms with Crippen LogP contribution in [0.4, 0.5) is 13.2 Å². The zero-order valence-corrected chi connectivity index (χ0v) is 13.7. The minimum Gasteiger partial charge on any atom is -0.351 e. The lowest BCUT2D eigenvalue weighted by molar-refractivity contribution is -0.141. The molecule has 0 fully saturated rings. The van der Waals surface area contributed by atoms with Crippen LogP contribution in [0.15, 0.2) is 12.3 Å². The lowest BCUT2D eigenvalue weighted by Gasteiger charge is -2.06. The van der Waals surface area contributed by atoms with Crippen molar-refractivity contribution >= 4 is 28.5 Å². The monoisotopic (exact) mass is 427 g/mol. The van der Waals surface area contributed by atoms with Crippen molar-refractivity contribution in [1.29, 1.82) is 0 Å². The van der Waals surface area contributed by atoms with Crippen LogP contribution in [0.1, 0.15) is 28.3 Å². The summed E-state index contributed by atoms with van der Waals surface area (Å²) in [6, 6.07) is 1.01. The average molecular weight is 427 g/mol. The number of nitrogens with one attached hydrogen (secondary N) is 2.